The van der Waals surface area contributed by atoms with Crippen LogP contribution in [0, 0.1) is 0 Å². The van der Waals surface area contributed by atoms with Gasteiger partial charge in [0.1, 0.15) is 0 Å². The number of para-hydroxylation sites is 3. The molecular formula is C25H21N3O4. The number of rotatable bonds is 6. The van der Waals surface area contributed by atoms with Gasteiger partial charge in [0, 0.05) is 17.1 Å². The topological polar surface area (TPSA) is 100 Å². The van der Waals surface area contributed by atoms with Crippen LogP contribution >= 0.6 is 0 Å². The predicted molar refractivity (Wildman–Crippen MR) is 123 cm³/mol. The molecule has 0 saturated heterocycles. The average Bonchev–Trinajstić information content (AvgIpc) is 3.22. The second-order valence-electron chi connectivity index (χ2n) is 7.12. The van der Waals surface area contributed by atoms with E-state index in [9.17, 15) is 14.4 Å². The van der Waals surface area contributed by atoms with Crippen molar-refractivity contribution in [3.63, 3.8) is 0 Å². The van der Waals surface area contributed by atoms with Gasteiger partial charge >= 0.3 is 5.97 Å². The molecule has 2 amide bonds. The van der Waals surface area contributed by atoms with Crippen LogP contribution in [-0.4, -0.2) is 29.9 Å². The zero-order valence-corrected chi connectivity index (χ0v) is 17.3. The first kappa shape index (κ1) is 20.9. The third-order valence-corrected chi connectivity index (χ3v) is 5.05. The van der Waals surface area contributed by atoms with E-state index in [1.54, 1.807) is 48.5 Å². The van der Waals surface area contributed by atoms with Gasteiger partial charge in [0.25, 0.3) is 5.91 Å². The number of esters is 1. The van der Waals surface area contributed by atoms with Crippen LogP contribution < -0.4 is 10.6 Å². The third-order valence-electron chi connectivity index (χ3n) is 5.05. The number of carbonyl (C=O) groups excluding carboxylic acids is 3. The van der Waals surface area contributed by atoms with Crippen LogP contribution in [0.1, 0.15) is 26.3 Å². The molecule has 1 heterocycles. The smallest absolute Gasteiger partial charge is 0.339 e. The summed E-state index contributed by atoms with van der Waals surface area (Å²) in [6, 6.07) is 21.0. The second-order valence-corrected chi connectivity index (χ2v) is 7.12. The number of nitrogens with one attached hydrogen (secondary N) is 3. The van der Waals surface area contributed by atoms with Crippen molar-refractivity contribution in [3.8, 4) is 0 Å². The molecule has 4 rings (SSSR count). The molecule has 4 aromatic rings. The summed E-state index contributed by atoms with van der Waals surface area (Å²) in [6.07, 6.45) is 1.97. The SMILES string of the molecule is COC(=O)c1ccccc1NC(=O)c1ccccc1NC(=O)Cc1c[nH]c2ccccc12. The van der Waals surface area contributed by atoms with E-state index in [0.717, 1.165) is 16.5 Å². The molecule has 0 unspecified atom stereocenters. The molecule has 1 aromatic heterocycles. The quantitative estimate of drug-likeness (QED) is 0.397. The van der Waals surface area contributed by atoms with Crippen molar-refractivity contribution in [1.82, 2.24) is 4.98 Å². The summed E-state index contributed by atoms with van der Waals surface area (Å²) < 4.78 is 4.77. The van der Waals surface area contributed by atoms with Crippen molar-refractivity contribution < 1.29 is 19.1 Å². The Hall–Kier alpha value is -4.39. The number of fused-ring (bicyclic) bond motifs is 1. The van der Waals surface area contributed by atoms with Crippen LogP contribution in [0.25, 0.3) is 10.9 Å². The molecule has 0 radical (unpaired) electrons. The molecule has 0 aliphatic carbocycles. The Balaban J connectivity index is 1.52. The predicted octanol–water partition coefficient (Wildman–Crippen LogP) is 4.39. The van der Waals surface area contributed by atoms with Gasteiger partial charge in [-0.25, -0.2) is 4.79 Å². The number of amides is 2. The highest BCUT2D eigenvalue weighted by molar-refractivity contribution is 6.12. The number of carbonyl (C=O) groups is 3. The number of ether oxygens (including phenoxy) is 1. The minimum atomic E-state index is -0.554. The fourth-order valence-electron chi connectivity index (χ4n) is 3.51. The maximum absolute atomic E-state index is 13.0. The van der Waals surface area contributed by atoms with Crippen LogP contribution in [0.4, 0.5) is 11.4 Å². The van der Waals surface area contributed by atoms with Gasteiger partial charge in [0.2, 0.25) is 5.91 Å². The molecule has 0 fully saturated rings. The lowest BCUT2D eigenvalue weighted by atomic mass is 10.1. The standard InChI is InChI=1S/C25H21N3O4/c1-32-25(31)19-10-4-7-13-22(19)28-24(30)18-9-3-6-12-21(18)27-23(29)14-16-15-26-20-11-5-2-8-17(16)20/h2-13,15,26H,14H2,1H3,(H,27,29)(H,28,30). The molecule has 0 bridgehead atoms. The molecule has 3 aromatic carbocycles. The number of methoxy groups -OCH3 is 1. The van der Waals surface area contributed by atoms with Crippen molar-refractivity contribution in [2.45, 2.75) is 6.42 Å². The number of hydrogen-bond donors (Lipinski definition) is 3. The molecule has 0 saturated carbocycles. The number of H-pyrrole nitrogens is 1. The van der Waals surface area contributed by atoms with Gasteiger partial charge < -0.3 is 20.4 Å². The molecule has 0 aliphatic rings. The van der Waals surface area contributed by atoms with Gasteiger partial charge in [-0.05, 0) is 35.9 Å². The molecule has 0 spiro atoms. The molecule has 0 atom stereocenters. The summed E-state index contributed by atoms with van der Waals surface area (Å²) in [5.41, 5.74) is 3.05. The highest BCUT2D eigenvalue weighted by atomic mass is 16.5. The second kappa shape index (κ2) is 9.18. The fraction of sp³-hybridized carbons (Fsp3) is 0.0800. The van der Waals surface area contributed by atoms with Gasteiger partial charge in [0.15, 0.2) is 0 Å². The van der Waals surface area contributed by atoms with E-state index in [-0.39, 0.29) is 23.5 Å². The van der Waals surface area contributed by atoms with Crippen molar-refractivity contribution in [2.24, 2.45) is 0 Å². The van der Waals surface area contributed by atoms with Crippen molar-refractivity contribution >= 4 is 40.1 Å². The fourth-order valence-corrected chi connectivity index (χ4v) is 3.51. The summed E-state index contributed by atoms with van der Waals surface area (Å²) in [5, 5.41) is 6.53. The van der Waals surface area contributed by atoms with E-state index in [2.05, 4.69) is 15.6 Å². The van der Waals surface area contributed by atoms with E-state index in [1.165, 1.54) is 7.11 Å². The van der Waals surface area contributed by atoms with E-state index in [4.69, 9.17) is 4.74 Å². The largest absolute Gasteiger partial charge is 0.465 e. The van der Waals surface area contributed by atoms with Gasteiger partial charge in [-0.1, -0.05) is 42.5 Å². The lowest BCUT2D eigenvalue weighted by Crippen LogP contribution is -2.20. The Kier molecular flexibility index (Phi) is 5.98. The first-order valence-corrected chi connectivity index (χ1v) is 9.99. The monoisotopic (exact) mass is 427 g/mol. The minimum Gasteiger partial charge on any atom is -0.465 e. The summed E-state index contributed by atoms with van der Waals surface area (Å²) in [5.74, 6) is -1.25. The number of aromatic amines is 1. The zero-order chi connectivity index (χ0) is 22.5. The molecule has 32 heavy (non-hydrogen) atoms. The van der Waals surface area contributed by atoms with Gasteiger partial charge in [-0.15, -0.1) is 0 Å². The van der Waals surface area contributed by atoms with Gasteiger partial charge in [0.05, 0.1) is 36.0 Å². The lowest BCUT2D eigenvalue weighted by Gasteiger charge is -2.13. The normalized spacial score (nSPS) is 10.5. The zero-order valence-electron chi connectivity index (χ0n) is 17.3. The molecule has 160 valence electrons. The van der Waals surface area contributed by atoms with Crippen LogP contribution in [-0.2, 0) is 16.0 Å². The van der Waals surface area contributed by atoms with E-state index >= 15 is 0 Å². The highest BCUT2D eigenvalue weighted by Crippen LogP contribution is 2.22. The Labute approximate surface area is 184 Å². The van der Waals surface area contributed by atoms with Gasteiger partial charge in [-0.3, -0.25) is 9.59 Å². The maximum Gasteiger partial charge on any atom is 0.339 e. The minimum absolute atomic E-state index is 0.158. The maximum atomic E-state index is 13.0. The third kappa shape index (κ3) is 4.37. The van der Waals surface area contributed by atoms with Crippen LogP contribution in [0.2, 0.25) is 0 Å². The van der Waals surface area contributed by atoms with Gasteiger partial charge in [-0.2, -0.15) is 0 Å². The van der Waals surface area contributed by atoms with Crippen molar-refractivity contribution in [1.29, 1.82) is 0 Å². The molecule has 7 nitrogen and oxygen atoms in total. The lowest BCUT2D eigenvalue weighted by molar-refractivity contribution is -0.115. The molecule has 3 N–H and O–H groups in total. The van der Waals surface area contributed by atoms with Crippen LogP contribution in [0.3, 0.4) is 0 Å². The average molecular weight is 427 g/mol. The van der Waals surface area contributed by atoms with E-state index in [1.807, 2.05) is 30.5 Å². The molecule has 7 heteroatoms. The van der Waals surface area contributed by atoms with Crippen LogP contribution in [0.5, 0.6) is 0 Å². The molecule has 0 aliphatic heterocycles. The van der Waals surface area contributed by atoms with E-state index < -0.39 is 11.9 Å². The number of hydrogen-bond acceptors (Lipinski definition) is 4. The Morgan fingerprint density at radius 3 is 2.19 bits per heavy atom. The van der Waals surface area contributed by atoms with E-state index in [0.29, 0.717) is 11.4 Å². The number of benzene rings is 3. The number of anilines is 2. The first-order valence-electron chi connectivity index (χ1n) is 9.99. The Bertz CT molecular complexity index is 1310. The van der Waals surface area contributed by atoms with Crippen molar-refractivity contribution in [3.05, 3.63) is 95.7 Å². The Morgan fingerprint density at radius 2 is 1.44 bits per heavy atom. The Morgan fingerprint density at radius 1 is 0.812 bits per heavy atom. The highest BCUT2D eigenvalue weighted by Gasteiger charge is 2.18. The summed E-state index contributed by atoms with van der Waals surface area (Å²) in [7, 11) is 1.28. The number of aromatic nitrogens is 1. The van der Waals surface area contributed by atoms with Crippen molar-refractivity contribution in [2.75, 3.05) is 17.7 Å². The summed E-state index contributed by atoms with van der Waals surface area (Å²) in [6.45, 7) is 0. The summed E-state index contributed by atoms with van der Waals surface area (Å²) in [4.78, 5) is 40.8. The molecular weight excluding hydrogens is 406 g/mol. The summed E-state index contributed by atoms with van der Waals surface area (Å²) >= 11 is 0. The van der Waals surface area contributed by atoms with Crippen LogP contribution in [0.15, 0.2) is 79.0 Å². The first-order chi connectivity index (χ1) is 15.6.